The molecular weight excluding hydrogens is 126 g/mol. The average molecular weight is 138 g/mol. The van der Waals surface area contributed by atoms with Gasteiger partial charge in [-0.1, -0.05) is 13.8 Å². The maximum absolute atomic E-state index is 8.86. The summed E-state index contributed by atoms with van der Waals surface area (Å²) in [6.45, 7) is 4.24. The van der Waals surface area contributed by atoms with Crippen molar-refractivity contribution in [3.63, 3.8) is 0 Å². The second-order valence-electron chi connectivity index (χ2n) is 2.67. The predicted octanol–water partition coefficient (Wildman–Crippen LogP) is 1.33. The van der Waals surface area contributed by atoms with E-state index in [1.54, 1.807) is 12.4 Å². The molecule has 0 amide bonds. The zero-order chi connectivity index (χ0) is 7.56. The van der Waals surface area contributed by atoms with Gasteiger partial charge < -0.3 is 0 Å². The van der Waals surface area contributed by atoms with Gasteiger partial charge in [0.05, 0.1) is 0 Å². The molecule has 54 valence electrons. The van der Waals surface area contributed by atoms with Crippen LogP contribution in [0.4, 0.5) is 0 Å². The van der Waals surface area contributed by atoms with Crippen LogP contribution in [0.2, 0.25) is 0 Å². The lowest BCUT2D eigenvalue weighted by Crippen LogP contribution is -2.28. The summed E-state index contributed by atoms with van der Waals surface area (Å²) in [4.78, 5) is 0. The van der Waals surface area contributed by atoms with Gasteiger partial charge in [0.2, 0.25) is 12.4 Å². The molecule has 0 bridgehead atoms. The highest BCUT2D eigenvalue weighted by Gasteiger charge is 2.00. The Morgan fingerprint density at radius 2 is 1.80 bits per heavy atom. The molecule has 1 aromatic rings. The summed E-state index contributed by atoms with van der Waals surface area (Å²) < 4.78 is 1.05. The van der Waals surface area contributed by atoms with E-state index in [0.29, 0.717) is 5.92 Å². The Hall–Kier alpha value is -1.05. The number of pyridine rings is 1. The second-order valence-corrected chi connectivity index (χ2v) is 2.67. The lowest BCUT2D eigenvalue weighted by Gasteiger charge is -1.99. The van der Waals surface area contributed by atoms with Crippen molar-refractivity contribution in [2.75, 3.05) is 0 Å². The molecule has 0 fully saturated rings. The summed E-state index contributed by atoms with van der Waals surface area (Å²) >= 11 is 0. The fourth-order valence-corrected chi connectivity index (χ4v) is 0.815. The van der Waals surface area contributed by atoms with Crippen LogP contribution < -0.4 is 4.73 Å². The summed E-state index contributed by atoms with van der Waals surface area (Å²) in [6.07, 6.45) is 3.27. The van der Waals surface area contributed by atoms with Crippen molar-refractivity contribution >= 4 is 0 Å². The molecular formula is C8H12NO+. The molecule has 0 saturated heterocycles. The normalized spacial score (nSPS) is 10.3. The van der Waals surface area contributed by atoms with Crippen molar-refractivity contribution in [1.29, 1.82) is 0 Å². The first-order valence-electron chi connectivity index (χ1n) is 3.40. The molecule has 0 aliphatic carbocycles. The van der Waals surface area contributed by atoms with Crippen LogP contribution in [0.5, 0.6) is 0 Å². The van der Waals surface area contributed by atoms with E-state index in [1.807, 2.05) is 12.1 Å². The van der Waals surface area contributed by atoms with Crippen LogP contribution in [0.15, 0.2) is 24.5 Å². The SMILES string of the molecule is CC(C)c1cc[n+](O)cc1. The summed E-state index contributed by atoms with van der Waals surface area (Å²) in [5, 5.41) is 8.86. The van der Waals surface area contributed by atoms with Gasteiger partial charge in [-0.25, -0.2) is 0 Å². The van der Waals surface area contributed by atoms with Crippen molar-refractivity contribution in [3.8, 4) is 0 Å². The maximum atomic E-state index is 8.86. The van der Waals surface area contributed by atoms with Gasteiger partial charge in [-0.3, -0.25) is 5.21 Å². The van der Waals surface area contributed by atoms with E-state index in [9.17, 15) is 0 Å². The molecule has 0 atom stereocenters. The van der Waals surface area contributed by atoms with Crippen molar-refractivity contribution in [2.24, 2.45) is 0 Å². The molecule has 10 heavy (non-hydrogen) atoms. The first kappa shape index (κ1) is 7.06. The highest BCUT2D eigenvalue weighted by atomic mass is 16.5. The molecule has 0 aliphatic rings. The van der Waals surface area contributed by atoms with Gasteiger partial charge in [-0.05, 0) is 11.5 Å². The fourth-order valence-electron chi connectivity index (χ4n) is 0.815. The Labute approximate surface area is 60.7 Å². The zero-order valence-electron chi connectivity index (χ0n) is 6.28. The molecule has 0 aliphatic heterocycles. The molecule has 0 saturated carbocycles. The topological polar surface area (TPSA) is 24.1 Å². The number of aromatic nitrogens is 1. The summed E-state index contributed by atoms with van der Waals surface area (Å²) in [6, 6.07) is 3.81. The van der Waals surface area contributed by atoms with Crippen LogP contribution in [0, 0.1) is 0 Å². The van der Waals surface area contributed by atoms with E-state index in [4.69, 9.17) is 5.21 Å². The monoisotopic (exact) mass is 138 g/mol. The minimum atomic E-state index is 0.529. The molecule has 0 radical (unpaired) electrons. The fraction of sp³-hybridized carbons (Fsp3) is 0.375. The van der Waals surface area contributed by atoms with Crippen LogP contribution in [0.1, 0.15) is 25.3 Å². The molecule has 0 aromatic carbocycles. The molecule has 2 nitrogen and oxygen atoms in total. The van der Waals surface area contributed by atoms with E-state index in [-0.39, 0.29) is 0 Å². The van der Waals surface area contributed by atoms with Gasteiger partial charge in [0.15, 0.2) is 0 Å². The summed E-state index contributed by atoms with van der Waals surface area (Å²) in [5.41, 5.74) is 1.24. The number of hydrogen-bond acceptors (Lipinski definition) is 1. The predicted molar refractivity (Wildman–Crippen MR) is 37.9 cm³/mol. The summed E-state index contributed by atoms with van der Waals surface area (Å²) in [5.74, 6) is 0.529. The van der Waals surface area contributed by atoms with Crippen molar-refractivity contribution < 1.29 is 9.94 Å². The Morgan fingerprint density at radius 3 is 2.20 bits per heavy atom. The Kier molecular flexibility index (Phi) is 1.90. The van der Waals surface area contributed by atoms with E-state index < -0.39 is 0 Å². The van der Waals surface area contributed by atoms with Gasteiger partial charge in [0, 0.05) is 16.9 Å². The smallest absolute Gasteiger partial charge is 0.222 e. The summed E-state index contributed by atoms with van der Waals surface area (Å²) in [7, 11) is 0. The number of rotatable bonds is 1. The van der Waals surface area contributed by atoms with Crippen LogP contribution in [0.25, 0.3) is 0 Å². The molecule has 0 spiro atoms. The first-order chi connectivity index (χ1) is 4.70. The lowest BCUT2D eigenvalue weighted by atomic mass is 10.1. The third-order valence-corrected chi connectivity index (χ3v) is 1.51. The van der Waals surface area contributed by atoms with Crippen molar-refractivity contribution in [2.45, 2.75) is 19.8 Å². The third-order valence-electron chi connectivity index (χ3n) is 1.51. The standard InChI is InChI=1S/C8H12NO/c1-7(2)8-3-5-9(10)6-4-8/h3-7,10H,1-2H3/q+1. The van der Waals surface area contributed by atoms with Crippen LogP contribution >= 0.6 is 0 Å². The van der Waals surface area contributed by atoms with Crippen LogP contribution in [-0.2, 0) is 0 Å². The number of hydrogen-bond donors (Lipinski definition) is 1. The van der Waals surface area contributed by atoms with E-state index in [0.717, 1.165) is 4.73 Å². The van der Waals surface area contributed by atoms with Gasteiger partial charge in [0.1, 0.15) is 0 Å². The largest absolute Gasteiger partial charge is 0.285 e. The van der Waals surface area contributed by atoms with Gasteiger partial charge >= 0.3 is 0 Å². The quantitative estimate of drug-likeness (QED) is 0.459. The number of nitrogens with zero attached hydrogens (tertiary/aromatic N) is 1. The van der Waals surface area contributed by atoms with Gasteiger partial charge in [-0.2, -0.15) is 0 Å². The average Bonchev–Trinajstić information content (AvgIpc) is 1.88. The molecule has 1 N–H and O–H groups in total. The van der Waals surface area contributed by atoms with Crippen molar-refractivity contribution in [3.05, 3.63) is 30.1 Å². The van der Waals surface area contributed by atoms with E-state index >= 15 is 0 Å². The Balaban J connectivity index is 2.89. The van der Waals surface area contributed by atoms with Gasteiger partial charge in [0.25, 0.3) is 0 Å². The zero-order valence-corrected chi connectivity index (χ0v) is 6.28. The Bertz CT molecular complexity index is 203. The second kappa shape index (κ2) is 2.69. The van der Waals surface area contributed by atoms with Crippen molar-refractivity contribution in [1.82, 2.24) is 0 Å². The minimum Gasteiger partial charge on any atom is -0.285 e. The Morgan fingerprint density at radius 1 is 1.30 bits per heavy atom. The molecule has 1 heterocycles. The maximum Gasteiger partial charge on any atom is 0.222 e. The van der Waals surface area contributed by atoms with Crippen LogP contribution in [0.3, 0.4) is 0 Å². The highest BCUT2D eigenvalue weighted by Crippen LogP contribution is 2.10. The molecule has 1 rings (SSSR count). The van der Waals surface area contributed by atoms with E-state index in [1.165, 1.54) is 5.56 Å². The highest BCUT2D eigenvalue weighted by molar-refractivity contribution is 5.11. The minimum absolute atomic E-state index is 0.529. The lowest BCUT2D eigenvalue weighted by molar-refractivity contribution is -0.904. The molecule has 2 heteroatoms. The molecule has 0 unspecified atom stereocenters. The van der Waals surface area contributed by atoms with Crippen LogP contribution in [-0.4, -0.2) is 5.21 Å². The molecule has 1 aromatic heterocycles. The third kappa shape index (κ3) is 1.47. The van der Waals surface area contributed by atoms with E-state index in [2.05, 4.69) is 13.8 Å². The van der Waals surface area contributed by atoms with Gasteiger partial charge in [-0.15, -0.1) is 0 Å². The first-order valence-corrected chi connectivity index (χ1v) is 3.40.